The van der Waals surface area contributed by atoms with Gasteiger partial charge in [-0.3, -0.25) is 9.59 Å². The van der Waals surface area contributed by atoms with Crippen LogP contribution in [-0.4, -0.2) is 28.5 Å². The van der Waals surface area contributed by atoms with Gasteiger partial charge in [-0.15, -0.1) is 11.3 Å². The summed E-state index contributed by atoms with van der Waals surface area (Å²) < 4.78 is 0. The molecular weight excluding hydrogens is 288 g/mol. The van der Waals surface area contributed by atoms with Crippen molar-refractivity contribution >= 4 is 23.2 Å². The first kappa shape index (κ1) is 17.6. The monoisotopic (exact) mass is 312 g/mol. The van der Waals surface area contributed by atoms with Crippen molar-refractivity contribution in [3.63, 3.8) is 0 Å². The first-order chi connectivity index (χ1) is 9.66. The van der Waals surface area contributed by atoms with Crippen molar-refractivity contribution in [3.05, 3.63) is 16.1 Å². The highest BCUT2D eigenvalue weighted by Crippen LogP contribution is 2.27. The van der Waals surface area contributed by atoms with Gasteiger partial charge in [0, 0.05) is 17.3 Å². The van der Waals surface area contributed by atoms with Crippen molar-refractivity contribution in [2.24, 2.45) is 5.41 Å². The zero-order chi connectivity index (χ0) is 16.3. The number of nitrogens with zero attached hydrogens (tertiary/aromatic N) is 1. The number of hydrogen-bond acceptors (Lipinski definition) is 4. The highest BCUT2D eigenvalue weighted by Gasteiger charge is 2.35. The van der Waals surface area contributed by atoms with E-state index >= 15 is 0 Å². The SMILES string of the molecule is CCC(CC)(CNC(=O)c1csc(C(C)(C)C)n1)C(=O)O. The van der Waals surface area contributed by atoms with Gasteiger partial charge in [-0.05, 0) is 12.8 Å². The largest absolute Gasteiger partial charge is 0.481 e. The molecule has 0 saturated heterocycles. The molecule has 1 heterocycles. The lowest BCUT2D eigenvalue weighted by atomic mass is 9.82. The first-order valence-corrected chi connectivity index (χ1v) is 8.02. The third-order valence-electron chi connectivity index (χ3n) is 3.77. The van der Waals surface area contributed by atoms with Crippen LogP contribution in [0.15, 0.2) is 5.38 Å². The van der Waals surface area contributed by atoms with E-state index in [-0.39, 0.29) is 17.9 Å². The second-order valence-electron chi connectivity index (χ2n) is 6.26. The van der Waals surface area contributed by atoms with Crippen LogP contribution in [0.1, 0.15) is 63.0 Å². The number of aromatic nitrogens is 1. The van der Waals surface area contributed by atoms with Gasteiger partial charge in [0.2, 0.25) is 0 Å². The standard InChI is InChI=1S/C15H24N2O3S/c1-6-15(7-2,13(19)20)9-16-11(18)10-8-21-12(17-10)14(3,4)5/h8H,6-7,9H2,1-5H3,(H,16,18)(H,19,20). The van der Waals surface area contributed by atoms with Gasteiger partial charge in [-0.25, -0.2) is 4.98 Å². The maximum atomic E-state index is 12.1. The lowest BCUT2D eigenvalue weighted by Crippen LogP contribution is -2.42. The summed E-state index contributed by atoms with van der Waals surface area (Å²) in [7, 11) is 0. The van der Waals surface area contributed by atoms with Crippen molar-refractivity contribution in [1.29, 1.82) is 0 Å². The topological polar surface area (TPSA) is 79.3 Å². The van der Waals surface area contributed by atoms with E-state index in [9.17, 15) is 14.7 Å². The molecule has 2 N–H and O–H groups in total. The molecule has 5 nitrogen and oxygen atoms in total. The first-order valence-electron chi connectivity index (χ1n) is 7.14. The Hall–Kier alpha value is -1.43. The molecule has 0 unspecified atom stereocenters. The van der Waals surface area contributed by atoms with E-state index in [1.54, 1.807) is 5.38 Å². The molecule has 0 radical (unpaired) electrons. The molecule has 0 bridgehead atoms. The number of nitrogens with one attached hydrogen (secondary N) is 1. The van der Waals surface area contributed by atoms with Crippen LogP contribution < -0.4 is 5.32 Å². The van der Waals surface area contributed by atoms with E-state index in [1.807, 2.05) is 34.6 Å². The number of aliphatic carboxylic acids is 1. The molecule has 1 rings (SSSR count). The molecule has 21 heavy (non-hydrogen) atoms. The van der Waals surface area contributed by atoms with Gasteiger partial charge < -0.3 is 10.4 Å². The molecule has 6 heteroatoms. The summed E-state index contributed by atoms with van der Waals surface area (Å²) in [6.45, 7) is 9.89. The van der Waals surface area contributed by atoms with Gasteiger partial charge >= 0.3 is 5.97 Å². The normalized spacial score (nSPS) is 12.2. The van der Waals surface area contributed by atoms with E-state index in [0.717, 1.165) is 5.01 Å². The number of hydrogen-bond donors (Lipinski definition) is 2. The van der Waals surface area contributed by atoms with E-state index < -0.39 is 11.4 Å². The maximum Gasteiger partial charge on any atom is 0.311 e. The van der Waals surface area contributed by atoms with Crippen LogP contribution in [-0.2, 0) is 10.2 Å². The number of carboxylic acids is 1. The van der Waals surface area contributed by atoms with Gasteiger partial charge in [-0.1, -0.05) is 34.6 Å². The van der Waals surface area contributed by atoms with Crippen molar-refractivity contribution in [1.82, 2.24) is 10.3 Å². The van der Waals surface area contributed by atoms with Gasteiger partial charge in [0.15, 0.2) is 0 Å². The number of carbonyl (C=O) groups excluding carboxylic acids is 1. The van der Waals surface area contributed by atoms with Crippen molar-refractivity contribution < 1.29 is 14.7 Å². The summed E-state index contributed by atoms with van der Waals surface area (Å²) in [5, 5.41) is 14.7. The van der Waals surface area contributed by atoms with Crippen molar-refractivity contribution in [2.45, 2.75) is 52.9 Å². The van der Waals surface area contributed by atoms with Crippen LogP contribution in [0.4, 0.5) is 0 Å². The quantitative estimate of drug-likeness (QED) is 0.846. The van der Waals surface area contributed by atoms with Crippen LogP contribution >= 0.6 is 11.3 Å². The molecular formula is C15H24N2O3S. The lowest BCUT2D eigenvalue weighted by Gasteiger charge is -2.26. The minimum absolute atomic E-state index is 0.0964. The molecule has 0 saturated carbocycles. The zero-order valence-corrected chi connectivity index (χ0v) is 14.1. The molecule has 1 amide bonds. The summed E-state index contributed by atoms with van der Waals surface area (Å²) >= 11 is 1.45. The average molecular weight is 312 g/mol. The molecule has 0 atom stereocenters. The second kappa shape index (κ2) is 6.56. The van der Waals surface area contributed by atoms with Gasteiger partial charge in [-0.2, -0.15) is 0 Å². The Labute approximate surface area is 129 Å². The fraction of sp³-hybridized carbons (Fsp3) is 0.667. The predicted octanol–water partition coefficient (Wildman–Crippen LogP) is 3.06. The average Bonchev–Trinajstić information content (AvgIpc) is 2.89. The number of carboxylic acid groups (broad SMARTS) is 1. The molecule has 1 aromatic heterocycles. The molecule has 0 aliphatic rings. The molecule has 0 aromatic carbocycles. The fourth-order valence-corrected chi connectivity index (χ4v) is 2.83. The zero-order valence-electron chi connectivity index (χ0n) is 13.3. The lowest BCUT2D eigenvalue weighted by molar-refractivity contribution is -0.149. The van der Waals surface area contributed by atoms with Crippen LogP contribution in [0.5, 0.6) is 0 Å². The second-order valence-corrected chi connectivity index (χ2v) is 7.12. The summed E-state index contributed by atoms with van der Waals surface area (Å²) in [5.74, 6) is -1.18. The molecule has 118 valence electrons. The van der Waals surface area contributed by atoms with E-state index in [4.69, 9.17) is 0 Å². The van der Waals surface area contributed by atoms with Crippen LogP contribution in [0.25, 0.3) is 0 Å². The molecule has 0 aliphatic carbocycles. The van der Waals surface area contributed by atoms with E-state index in [2.05, 4.69) is 10.3 Å². The summed E-state index contributed by atoms with van der Waals surface area (Å²) in [6, 6.07) is 0. The molecule has 1 aromatic rings. The Kier molecular flexibility index (Phi) is 5.50. The summed E-state index contributed by atoms with van der Waals surface area (Å²) in [6.07, 6.45) is 0.951. The van der Waals surface area contributed by atoms with E-state index in [1.165, 1.54) is 11.3 Å². The predicted molar refractivity (Wildman–Crippen MR) is 83.8 cm³/mol. The van der Waals surface area contributed by atoms with Crippen LogP contribution in [0.2, 0.25) is 0 Å². The summed E-state index contributed by atoms with van der Waals surface area (Å²) in [5.41, 5.74) is -0.643. The Morgan fingerprint density at radius 1 is 1.29 bits per heavy atom. The Balaban J connectivity index is 2.78. The Bertz CT molecular complexity index is 513. The Morgan fingerprint density at radius 3 is 2.24 bits per heavy atom. The van der Waals surface area contributed by atoms with Gasteiger partial charge in [0.05, 0.1) is 10.4 Å². The number of amides is 1. The van der Waals surface area contributed by atoms with Crippen LogP contribution in [0.3, 0.4) is 0 Å². The molecule has 0 aliphatic heterocycles. The number of rotatable bonds is 6. The highest BCUT2D eigenvalue weighted by atomic mass is 32.1. The summed E-state index contributed by atoms with van der Waals surface area (Å²) in [4.78, 5) is 27.9. The van der Waals surface area contributed by atoms with Gasteiger partial charge in [0.1, 0.15) is 5.69 Å². The minimum atomic E-state index is -0.904. The highest BCUT2D eigenvalue weighted by molar-refractivity contribution is 7.10. The fourth-order valence-electron chi connectivity index (χ4n) is 1.94. The smallest absolute Gasteiger partial charge is 0.311 e. The number of thiazole rings is 1. The van der Waals surface area contributed by atoms with Gasteiger partial charge in [0.25, 0.3) is 5.91 Å². The molecule has 0 spiro atoms. The minimum Gasteiger partial charge on any atom is -0.481 e. The Morgan fingerprint density at radius 2 is 1.86 bits per heavy atom. The van der Waals surface area contributed by atoms with E-state index in [0.29, 0.717) is 18.5 Å². The maximum absolute atomic E-state index is 12.1. The third kappa shape index (κ3) is 4.03. The molecule has 0 fully saturated rings. The number of carbonyl (C=O) groups is 2. The third-order valence-corrected chi connectivity index (χ3v) is 5.04. The van der Waals surface area contributed by atoms with Crippen molar-refractivity contribution in [2.75, 3.05) is 6.54 Å². The van der Waals surface area contributed by atoms with Crippen LogP contribution in [0, 0.1) is 5.41 Å². The van der Waals surface area contributed by atoms with Crippen molar-refractivity contribution in [3.8, 4) is 0 Å².